The molecule has 1 aromatic rings. The average Bonchev–Trinajstić information content (AvgIpc) is 2.64. The molecule has 4 nitrogen and oxygen atoms in total. The van der Waals surface area contributed by atoms with Gasteiger partial charge in [0, 0.05) is 39.2 Å². The van der Waals surface area contributed by atoms with Gasteiger partial charge >= 0.3 is 0 Å². The van der Waals surface area contributed by atoms with Crippen LogP contribution in [0.4, 0.5) is 4.39 Å². The van der Waals surface area contributed by atoms with Gasteiger partial charge in [0.15, 0.2) is 0 Å². The minimum atomic E-state index is -0.130. The third kappa shape index (κ3) is 4.21. The Labute approximate surface area is 149 Å². The summed E-state index contributed by atoms with van der Waals surface area (Å²) in [6, 6.07) is 7.71. The molecule has 0 N–H and O–H groups in total. The zero-order valence-corrected chi connectivity index (χ0v) is 15.3. The summed E-state index contributed by atoms with van der Waals surface area (Å²) in [5, 5.41) is 0. The van der Waals surface area contributed by atoms with Crippen LogP contribution in [0.3, 0.4) is 0 Å². The first-order valence-electron chi connectivity index (χ1n) is 9.37. The molecule has 1 amide bonds. The molecule has 0 aromatic heterocycles. The Hall–Kier alpha value is -1.46. The van der Waals surface area contributed by atoms with E-state index in [9.17, 15) is 9.18 Å². The molecule has 5 heteroatoms. The lowest BCUT2D eigenvalue weighted by Crippen LogP contribution is -2.57. The smallest absolute Gasteiger partial charge is 0.219 e. The number of amides is 1. The van der Waals surface area contributed by atoms with E-state index in [4.69, 9.17) is 4.74 Å². The molecule has 2 saturated heterocycles. The highest BCUT2D eigenvalue weighted by Gasteiger charge is 2.37. The molecule has 0 unspecified atom stereocenters. The lowest BCUT2D eigenvalue weighted by atomic mass is 9.89. The number of carbonyl (C=O) groups is 1. The van der Waals surface area contributed by atoms with Crippen molar-refractivity contribution < 1.29 is 13.9 Å². The van der Waals surface area contributed by atoms with Crippen molar-refractivity contribution in [2.75, 3.05) is 26.7 Å². The number of piperidine rings is 2. The lowest BCUT2D eigenvalue weighted by Gasteiger charge is -2.47. The maximum atomic E-state index is 14.2. The number of halogens is 1. The maximum absolute atomic E-state index is 14.2. The third-order valence-corrected chi connectivity index (χ3v) is 5.83. The van der Waals surface area contributed by atoms with Crippen molar-refractivity contribution in [1.82, 2.24) is 9.80 Å². The molecule has 0 radical (unpaired) electrons. The topological polar surface area (TPSA) is 32.8 Å². The van der Waals surface area contributed by atoms with E-state index in [0.29, 0.717) is 12.5 Å². The van der Waals surface area contributed by atoms with E-state index in [-0.39, 0.29) is 23.9 Å². The van der Waals surface area contributed by atoms with E-state index in [1.54, 1.807) is 20.1 Å². The first-order valence-corrected chi connectivity index (χ1v) is 9.37. The van der Waals surface area contributed by atoms with Crippen molar-refractivity contribution in [1.29, 1.82) is 0 Å². The van der Waals surface area contributed by atoms with Crippen LogP contribution in [0.15, 0.2) is 24.3 Å². The summed E-state index contributed by atoms with van der Waals surface area (Å²) in [7, 11) is 1.76. The van der Waals surface area contributed by atoms with Crippen LogP contribution in [0.25, 0.3) is 0 Å². The molecule has 25 heavy (non-hydrogen) atoms. The molecular weight excluding hydrogens is 319 g/mol. The van der Waals surface area contributed by atoms with Gasteiger partial charge in [0.05, 0.1) is 6.10 Å². The third-order valence-electron chi connectivity index (χ3n) is 5.83. The first kappa shape index (κ1) is 18.3. The van der Waals surface area contributed by atoms with Crippen LogP contribution in [-0.4, -0.2) is 60.6 Å². The van der Waals surface area contributed by atoms with Gasteiger partial charge < -0.3 is 9.64 Å². The van der Waals surface area contributed by atoms with Crippen LogP contribution in [0, 0.1) is 5.82 Å². The van der Waals surface area contributed by atoms with Crippen LogP contribution < -0.4 is 0 Å². The number of benzene rings is 1. The van der Waals surface area contributed by atoms with E-state index in [0.717, 1.165) is 50.9 Å². The summed E-state index contributed by atoms with van der Waals surface area (Å²) in [6.45, 7) is 4.31. The van der Waals surface area contributed by atoms with E-state index in [2.05, 4.69) is 4.90 Å². The van der Waals surface area contributed by atoms with Gasteiger partial charge in [-0.05, 0) is 50.3 Å². The Morgan fingerprint density at radius 2 is 1.92 bits per heavy atom. The van der Waals surface area contributed by atoms with Crippen LogP contribution in [0.1, 0.15) is 38.2 Å². The Bertz CT molecular complexity index is 587. The molecule has 0 saturated carbocycles. The largest absolute Gasteiger partial charge is 0.380 e. The van der Waals surface area contributed by atoms with Crippen LogP contribution in [0.2, 0.25) is 0 Å². The molecule has 138 valence electrons. The number of rotatable bonds is 4. The molecule has 3 rings (SSSR count). The predicted octanol–water partition coefficient (Wildman–Crippen LogP) is 2.86. The molecule has 0 bridgehead atoms. The second kappa shape index (κ2) is 8.28. The monoisotopic (exact) mass is 348 g/mol. The van der Waals surface area contributed by atoms with Crippen molar-refractivity contribution in [3.63, 3.8) is 0 Å². The average molecular weight is 348 g/mol. The quantitative estimate of drug-likeness (QED) is 0.839. The van der Waals surface area contributed by atoms with Gasteiger partial charge in [-0.25, -0.2) is 4.39 Å². The molecular formula is C20H29FN2O2. The Morgan fingerprint density at radius 1 is 1.20 bits per heavy atom. The molecule has 0 spiro atoms. The fraction of sp³-hybridized carbons (Fsp3) is 0.650. The minimum absolute atomic E-state index is 0.130. The number of methoxy groups -OCH3 is 1. The van der Waals surface area contributed by atoms with Crippen molar-refractivity contribution >= 4 is 5.91 Å². The van der Waals surface area contributed by atoms with Crippen LogP contribution in [0.5, 0.6) is 0 Å². The molecule has 0 aliphatic carbocycles. The number of hydrogen-bond donors (Lipinski definition) is 0. The van der Waals surface area contributed by atoms with Gasteiger partial charge in [0.2, 0.25) is 5.91 Å². The highest BCUT2D eigenvalue weighted by atomic mass is 19.1. The Kier molecular flexibility index (Phi) is 6.07. The molecule has 2 fully saturated rings. The summed E-state index contributed by atoms with van der Waals surface area (Å²) >= 11 is 0. The van der Waals surface area contributed by atoms with Crippen molar-refractivity contribution in [3.05, 3.63) is 35.6 Å². The van der Waals surface area contributed by atoms with Crippen LogP contribution >= 0.6 is 0 Å². The van der Waals surface area contributed by atoms with Crippen LogP contribution in [-0.2, 0) is 16.0 Å². The number of nitrogens with zero attached hydrogens (tertiary/aromatic N) is 2. The van der Waals surface area contributed by atoms with Gasteiger partial charge in [-0.15, -0.1) is 0 Å². The number of hydrogen-bond acceptors (Lipinski definition) is 3. The highest BCUT2D eigenvalue weighted by Crippen LogP contribution is 2.29. The fourth-order valence-corrected chi connectivity index (χ4v) is 4.43. The van der Waals surface area contributed by atoms with Gasteiger partial charge in [-0.2, -0.15) is 0 Å². The predicted molar refractivity (Wildman–Crippen MR) is 95.9 cm³/mol. The second-order valence-corrected chi connectivity index (χ2v) is 7.25. The van der Waals surface area contributed by atoms with Gasteiger partial charge in [-0.3, -0.25) is 9.69 Å². The lowest BCUT2D eigenvalue weighted by molar-refractivity contribution is -0.131. The van der Waals surface area contributed by atoms with E-state index in [1.165, 1.54) is 6.07 Å². The summed E-state index contributed by atoms with van der Waals surface area (Å²) in [5.41, 5.74) is 0.766. The second-order valence-electron chi connectivity index (χ2n) is 7.25. The van der Waals surface area contributed by atoms with E-state index >= 15 is 0 Å². The zero-order chi connectivity index (χ0) is 17.8. The molecule has 2 atom stereocenters. The molecule has 1 aromatic carbocycles. The Balaban J connectivity index is 1.74. The summed E-state index contributed by atoms with van der Waals surface area (Å²) in [4.78, 5) is 16.0. The highest BCUT2D eigenvalue weighted by molar-refractivity contribution is 5.73. The van der Waals surface area contributed by atoms with E-state index < -0.39 is 0 Å². The fourth-order valence-electron chi connectivity index (χ4n) is 4.43. The van der Waals surface area contributed by atoms with Gasteiger partial charge in [0.25, 0.3) is 0 Å². The number of likely N-dealkylation sites (tertiary alicyclic amines) is 2. The maximum Gasteiger partial charge on any atom is 0.219 e. The normalized spacial score (nSPS) is 26.0. The minimum Gasteiger partial charge on any atom is -0.380 e. The standard InChI is InChI=1S/C20H29FN2O2/c1-15(24)22-12-9-17(10-13-22)23-11-5-8-20(25-2)19(23)14-16-6-3-4-7-18(16)21/h3-4,6-7,17,19-20H,5,8-14H2,1-2H3/t19-,20-/m0/s1. The first-order chi connectivity index (χ1) is 12.1. The van der Waals surface area contributed by atoms with Gasteiger partial charge in [-0.1, -0.05) is 18.2 Å². The summed E-state index contributed by atoms with van der Waals surface area (Å²) in [5.74, 6) is 0.0315. The van der Waals surface area contributed by atoms with Crippen molar-refractivity contribution in [2.45, 2.75) is 57.2 Å². The van der Waals surface area contributed by atoms with E-state index in [1.807, 2.05) is 17.0 Å². The summed E-state index contributed by atoms with van der Waals surface area (Å²) < 4.78 is 19.9. The number of carbonyl (C=O) groups excluding carboxylic acids is 1. The zero-order valence-electron chi connectivity index (χ0n) is 15.3. The summed E-state index contributed by atoms with van der Waals surface area (Å²) in [6.07, 6.45) is 4.93. The molecule has 2 heterocycles. The Morgan fingerprint density at radius 3 is 2.56 bits per heavy atom. The van der Waals surface area contributed by atoms with Crippen molar-refractivity contribution in [2.24, 2.45) is 0 Å². The van der Waals surface area contributed by atoms with Crippen molar-refractivity contribution in [3.8, 4) is 0 Å². The van der Waals surface area contributed by atoms with Gasteiger partial charge in [0.1, 0.15) is 5.82 Å². The molecule has 2 aliphatic heterocycles. The molecule has 2 aliphatic rings. The SMILES string of the molecule is CO[C@H]1CCCN(C2CCN(C(C)=O)CC2)[C@H]1Cc1ccccc1F. The number of ether oxygens (including phenoxy) is 1.